The number of nitrogens with zero attached hydrogens (tertiary/aromatic N) is 3. The van der Waals surface area contributed by atoms with Crippen molar-refractivity contribution in [1.82, 2.24) is 14.9 Å². The maximum atomic E-state index is 12.5. The van der Waals surface area contributed by atoms with Crippen molar-refractivity contribution in [2.75, 3.05) is 0 Å². The molecule has 0 spiro atoms. The monoisotopic (exact) mass is 357 g/mol. The van der Waals surface area contributed by atoms with Gasteiger partial charge in [-0.25, -0.2) is 9.48 Å². The molecule has 0 aliphatic rings. The molecule has 26 heavy (non-hydrogen) atoms. The molecule has 0 N–H and O–H groups in total. The van der Waals surface area contributed by atoms with Crippen molar-refractivity contribution >= 4 is 16.9 Å². The minimum absolute atomic E-state index is 0.000566. The molecule has 0 atom stereocenters. The second-order valence-electron chi connectivity index (χ2n) is 6.13. The van der Waals surface area contributed by atoms with Gasteiger partial charge >= 0.3 is 5.97 Å². The summed E-state index contributed by atoms with van der Waals surface area (Å²) in [6.07, 6.45) is 0.0868. The Balaban J connectivity index is 1.79. The molecular formula is C18H19N3O5. The predicted octanol–water partition coefficient (Wildman–Crippen LogP) is 2.37. The summed E-state index contributed by atoms with van der Waals surface area (Å²) in [5.74, 6) is 0.434. The van der Waals surface area contributed by atoms with E-state index in [-0.39, 0.29) is 29.3 Å². The fourth-order valence-electron chi connectivity index (χ4n) is 2.49. The smallest absolute Gasteiger partial charge is 0.359 e. The summed E-state index contributed by atoms with van der Waals surface area (Å²) < 4.78 is 17.0. The SMILES string of the molecule is Cc1onc2c(=O)n(C)nc(C(=O)OCc3ccc(OC(C)C)cc3)c12. The van der Waals surface area contributed by atoms with Crippen LogP contribution in [0.1, 0.15) is 35.7 Å². The summed E-state index contributed by atoms with van der Waals surface area (Å²) in [6.45, 7) is 5.57. The van der Waals surface area contributed by atoms with Crippen LogP contribution in [0.5, 0.6) is 5.75 Å². The van der Waals surface area contributed by atoms with Crippen molar-refractivity contribution in [3.63, 3.8) is 0 Å². The zero-order chi connectivity index (χ0) is 18.8. The van der Waals surface area contributed by atoms with Crippen LogP contribution in [-0.4, -0.2) is 27.0 Å². The third-order valence-electron chi connectivity index (χ3n) is 3.70. The number of hydrogen-bond donors (Lipinski definition) is 0. The molecule has 0 bridgehead atoms. The van der Waals surface area contributed by atoms with E-state index in [0.717, 1.165) is 16.0 Å². The quantitative estimate of drug-likeness (QED) is 0.647. The summed E-state index contributed by atoms with van der Waals surface area (Å²) in [7, 11) is 1.44. The van der Waals surface area contributed by atoms with E-state index in [4.69, 9.17) is 14.0 Å². The van der Waals surface area contributed by atoms with Crippen LogP contribution in [0.4, 0.5) is 0 Å². The van der Waals surface area contributed by atoms with E-state index >= 15 is 0 Å². The lowest BCUT2D eigenvalue weighted by Crippen LogP contribution is -2.24. The molecule has 0 aliphatic carbocycles. The van der Waals surface area contributed by atoms with Gasteiger partial charge < -0.3 is 14.0 Å². The van der Waals surface area contributed by atoms with Crippen molar-refractivity contribution in [2.45, 2.75) is 33.5 Å². The maximum Gasteiger partial charge on any atom is 0.359 e. The number of hydrogen-bond acceptors (Lipinski definition) is 7. The molecule has 2 aromatic heterocycles. The largest absolute Gasteiger partial charge is 0.491 e. The topological polar surface area (TPSA) is 96.5 Å². The molecule has 3 rings (SSSR count). The van der Waals surface area contributed by atoms with E-state index in [1.54, 1.807) is 6.92 Å². The van der Waals surface area contributed by atoms with E-state index in [0.29, 0.717) is 5.76 Å². The van der Waals surface area contributed by atoms with Gasteiger partial charge in [0, 0.05) is 7.05 Å². The molecule has 8 heteroatoms. The molecule has 1 aromatic carbocycles. The molecule has 0 saturated carbocycles. The highest BCUT2D eigenvalue weighted by molar-refractivity contribution is 6.01. The van der Waals surface area contributed by atoms with Gasteiger partial charge in [0.15, 0.2) is 11.2 Å². The number of carbonyl (C=O) groups is 1. The molecule has 0 saturated heterocycles. The summed E-state index contributed by atoms with van der Waals surface area (Å²) in [6, 6.07) is 7.27. The average Bonchev–Trinajstić information content (AvgIpc) is 2.99. The fourth-order valence-corrected chi connectivity index (χ4v) is 2.49. The highest BCUT2D eigenvalue weighted by Gasteiger charge is 2.22. The van der Waals surface area contributed by atoms with Crippen molar-refractivity contribution in [2.24, 2.45) is 7.05 Å². The zero-order valence-electron chi connectivity index (χ0n) is 15.0. The van der Waals surface area contributed by atoms with E-state index in [1.165, 1.54) is 7.05 Å². The minimum Gasteiger partial charge on any atom is -0.491 e. The minimum atomic E-state index is -0.653. The molecule has 0 aliphatic heterocycles. The van der Waals surface area contributed by atoms with Gasteiger partial charge in [-0.1, -0.05) is 17.3 Å². The molecule has 0 radical (unpaired) electrons. The number of carbonyl (C=O) groups excluding carboxylic acids is 1. The van der Waals surface area contributed by atoms with Gasteiger partial charge in [-0.3, -0.25) is 4.79 Å². The second kappa shape index (κ2) is 6.99. The highest BCUT2D eigenvalue weighted by atomic mass is 16.5. The molecule has 0 fully saturated rings. The van der Waals surface area contributed by atoms with Gasteiger partial charge in [-0.05, 0) is 38.5 Å². The Labute approximate surface area is 149 Å². The Morgan fingerprint density at radius 1 is 1.27 bits per heavy atom. The van der Waals surface area contributed by atoms with Crippen LogP contribution < -0.4 is 10.3 Å². The third kappa shape index (κ3) is 3.44. The molecule has 3 aromatic rings. The van der Waals surface area contributed by atoms with Gasteiger partial charge in [0.1, 0.15) is 18.1 Å². The Kier molecular flexibility index (Phi) is 4.75. The highest BCUT2D eigenvalue weighted by Crippen LogP contribution is 2.19. The molecule has 136 valence electrons. The number of esters is 1. The molecule has 2 heterocycles. The van der Waals surface area contributed by atoms with Crippen LogP contribution in [-0.2, 0) is 18.4 Å². The summed E-state index contributed by atoms with van der Waals surface area (Å²) in [5.41, 5.74) is 0.425. The van der Waals surface area contributed by atoms with Crippen LogP contribution in [0.15, 0.2) is 33.6 Å². The van der Waals surface area contributed by atoms with Crippen molar-refractivity contribution in [3.05, 3.63) is 51.6 Å². The van der Waals surface area contributed by atoms with Gasteiger partial charge in [-0.15, -0.1) is 0 Å². The lowest BCUT2D eigenvalue weighted by Gasteiger charge is -2.10. The Morgan fingerprint density at radius 3 is 2.62 bits per heavy atom. The van der Waals surface area contributed by atoms with Crippen LogP contribution in [0.25, 0.3) is 10.9 Å². The molecule has 0 amide bonds. The number of aromatic nitrogens is 3. The third-order valence-corrected chi connectivity index (χ3v) is 3.70. The van der Waals surface area contributed by atoms with Crippen molar-refractivity contribution in [3.8, 4) is 5.75 Å². The van der Waals surface area contributed by atoms with Crippen LogP contribution in [0.3, 0.4) is 0 Å². The predicted molar refractivity (Wildman–Crippen MR) is 93.1 cm³/mol. The van der Waals surface area contributed by atoms with Crippen LogP contribution >= 0.6 is 0 Å². The first-order valence-electron chi connectivity index (χ1n) is 8.13. The summed E-state index contributed by atoms with van der Waals surface area (Å²) in [5, 5.41) is 7.98. The number of rotatable bonds is 5. The fraction of sp³-hybridized carbons (Fsp3) is 0.333. The van der Waals surface area contributed by atoms with Crippen molar-refractivity contribution in [1.29, 1.82) is 0 Å². The zero-order valence-corrected chi connectivity index (χ0v) is 15.0. The first-order valence-corrected chi connectivity index (χ1v) is 8.13. The molecular weight excluding hydrogens is 338 g/mol. The number of ether oxygens (including phenoxy) is 2. The second-order valence-corrected chi connectivity index (χ2v) is 6.13. The molecule has 8 nitrogen and oxygen atoms in total. The van der Waals surface area contributed by atoms with Gasteiger partial charge in [-0.2, -0.15) is 5.10 Å². The van der Waals surface area contributed by atoms with E-state index in [9.17, 15) is 9.59 Å². The normalized spacial score (nSPS) is 11.1. The number of fused-ring (bicyclic) bond motifs is 1. The van der Waals surface area contributed by atoms with Crippen LogP contribution in [0.2, 0.25) is 0 Å². The van der Waals surface area contributed by atoms with Gasteiger partial charge in [0.25, 0.3) is 5.56 Å². The summed E-state index contributed by atoms with van der Waals surface area (Å²) >= 11 is 0. The summed E-state index contributed by atoms with van der Waals surface area (Å²) in [4.78, 5) is 24.5. The lowest BCUT2D eigenvalue weighted by molar-refractivity contribution is 0.0465. The molecule has 0 unspecified atom stereocenters. The Hall–Kier alpha value is -3.16. The van der Waals surface area contributed by atoms with Crippen molar-refractivity contribution < 1.29 is 18.8 Å². The maximum absolute atomic E-state index is 12.5. The van der Waals surface area contributed by atoms with E-state index in [2.05, 4.69) is 10.3 Å². The van der Waals surface area contributed by atoms with E-state index in [1.807, 2.05) is 38.1 Å². The van der Waals surface area contributed by atoms with Crippen LogP contribution in [0, 0.1) is 6.92 Å². The lowest BCUT2D eigenvalue weighted by atomic mass is 10.2. The first-order chi connectivity index (χ1) is 12.4. The Morgan fingerprint density at radius 2 is 1.96 bits per heavy atom. The van der Waals surface area contributed by atoms with Gasteiger partial charge in [0.05, 0.1) is 11.5 Å². The Bertz CT molecular complexity index is 1000. The number of aryl methyl sites for hydroxylation is 2. The standard InChI is InChI=1S/C18H19N3O5/c1-10(2)25-13-7-5-12(6-8-13)9-24-18(23)16-14-11(3)26-20-15(14)17(22)21(4)19-16/h5-8,10H,9H2,1-4H3. The number of benzene rings is 1. The average molecular weight is 357 g/mol. The van der Waals surface area contributed by atoms with Gasteiger partial charge in [0.2, 0.25) is 0 Å². The first kappa shape index (κ1) is 17.7. The van der Waals surface area contributed by atoms with E-state index < -0.39 is 11.5 Å².